The fraction of sp³-hybridized carbons (Fsp3) is 0.190. The van der Waals surface area contributed by atoms with Crippen molar-refractivity contribution in [3.63, 3.8) is 0 Å². The molecule has 30 heavy (non-hydrogen) atoms. The molecule has 2 aromatic carbocycles. The molecule has 3 heterocycles. The summed E-state index contributed by atoms with van der Waals surface area (Å²) in [6.07, 6.45) is 0. The van der Waals surface area contributed by atoms with Crippen LogP contribution in [0.1, 0.15) is 17.0 Å². The summed E-state index contributed by atoms with van der Waals surface area (Å²) in [4.78, 5) is 12.7. The molecule has 0 aliphatic heterocycles. The molecule has 0 saturated carbocycles. The summed E-state index contributed by atoms with van der Waals surface area (Å²) in [6.45, 7) is 3.97. The molecule has 0 aliphatic carbocycles. The van der Waals surface area contributed by atoms with Crippen LogP contribution >= 0.6 is 11.8 Å². The third-order valence-corrected chi connectivity index (χ3v) is 5.86. The van der Waals surface area contributed by atoms with Gasteiger partial charge in [0.05, 0.1) is 16.7 Å². The van der Waals surface area contributed by atoms with E-state index in [1.165, 1.54) is 16.3 Å². The Kier molecular flexibility index (Phi) is 4.39. The summed E-state index contributed by atoms with van der Waals surface area (Å²) in [5.74, 6) is 2.16. The zero-order chi connectivity index (χ0) is 20.8. The van der Waals surface area contributed by atoms with Crippen molar-refractivity contribution in [2.45, 2.75) is 24.8 Å². The molecule has 0 fully saturated rings. The first-order valence-corrected chi connectivity index (χ1v) is 10.4. The predicted molar refractivity (Wildman–Crippen MR) is 115 cm³/mol. The van der Waals surface area contributed by atoms with Crippen molar-refractivity contribution in [1.29, 1.82) is 0 Å². The maximum atomic E-state index is 12.7. The summed E-state index contributed by atoms with van der Waals surface area (Å²) in [5.41, 5.74) is 3.71. The van der Waals surface area contributed by atoms with E-state index in [9.17, 15) is 4.79 Å². The molecule has 0 N–H and O–H groups in total. The Balaban J connectivity index is 1.51. The van der Waals surface area contributed by atoms with E-state index < -0.39 is 0 Å². The Morgan fingerprint density at radius 2 is 1.87 bits per heavy atom. The van der Waals surface area contributed by atoms with Gasteiger partial charge in [-0.15, -0.1) is 20.4 Å². The first-order chi connectivity index (χ1) is 14.5. The van der Waals surface area contributed by atoms with Gasteiger partial charge < -0.3 is 4.42 Å². The van der Waals surface area contributed by atoms with Crippen LogP contribution in [-0.4, -0.2) is 29.4 Å². The Hall–Kier alpha value is -3.46. The molecule has 0 bridgehead atoms. The van der Waals surface area contributed by atoms with E-state index in [1.807, 2.05) is 60.7 Å². The Morgan fingerprint density at radius 1 is 1.03 bits per heavy atom. The molecular formula is C21H18N6O2S. The van der Waals surface area contributed by atoms with Crippen molar-refractivity contribution in [1.82, 2.24) is 29.4 Å². The van der Waals surface area contributed by atoms with Gasteiger partial charge in [0.15, 0.2) is 0 Å². The van der Waals surface area contributed by atoms with E-state index in [0.717, 1.165) is 22.2 Å². The monoisotopic (exact) mass is 418 g/mol. The number of hydrogen-bond donors (Lipinski definition) is 0. The number of benzene rings is 2. The Morgan fingerprint density at radius 3 is 2.70 bits per heavy atom. The largest absolute Gasteiger partial charge is 0.411 e. The second-order valence-corrected chi connectivity index (χ2v) is 8.04. The molecule has 5 rings (SSSR count). The lowest BCUT2D eigenvalue weighted by Gasteiger charge is -2.08. The van der Waals surface area contributed by atoms with Crippen molar-refractivity contribution in [3.8, 4) is 11.5 Å². The number of nitrogens with zero attached hydrogens (tertiary/aromatic N) is 6. The highest BCUT2D eigenvalue weighted by Crippen LogP contribution is 2.27. The summed E-state index contributed by atoms with van der Waals surface area (Å²) in [7, 11) is 1.71. The maximum Gasteiger partial charge on any atom is 0.277 e. The second-order valence-electron chi connectivity index (χ2n) is 7.11. The molecule has 150 valence electrons. The fourth-order valence-electron chi connectivity index (χ4n) is 3.47. The van der Waals surface area contributed by atoms with Crippen LogP contribution in [0, 0.1) is 13.8 Å². The van der Waals surface area contributed by atoms with Crippen LogP contribution in [0.25, 0.3) is 28.1 Å². The van der Waals surface area contributed by atoms with Crippen molar-refractivity contribution in [2.24, 2.45) is 7.05 Å². The van der Waals surface area contributed by atoms with Gasteiger partial charge in [-0.3, -0.25) is 13.8 Å². The van der Waals surface area contributed by atoms with E-state index in [1.54, 1.807) is 7.05 Å². The van der Waals surface area contributed by atoms with Crippen LogP contribution in [0.2, 0.25) is 0 Å². The van der Waals surface area contributed by atoms with Gasteiger partial charge >= 0.3 is 0 Å². The first kappa shape index (κ1) is 18.6. The van der Waals surface area contributed by atoms with Crippen LogP contribution in [0.4, 0.5) is 0 Å². The normalized spacial score (nSPS) is 11.6. The lowest BCUT2D eigenvalue weighted by molar-refractivity contribution is 0.465. The number of aryl methyl sites for hydroxylation is 3. The number of aromatic nitrogens is 6. The predicted octanol–water partition coefficient (Wildman–Crippen LogP) is 3.54. The van der Waals surface area contributed by atoms with Gasteiger partial charge in [0, 0.05) is 12.6 Å². The number of thioether (sulfide) groups is 1. The van der Waals surface area contributed by atoms with Crippen LogP contribution in [-0.2, 0) is 12.8 Å². The molecule has 0 spiro atoms. The zero-order valence-corrected chi connectivity index (χ0v) is 17.5. The van der Waals surface area contributed by atoms with E-state index in [2.05, 4.69) is 20.4 Å². The van der Waals surface area contributed by atoms with E-state index in [-0.39, 0.29) is 5.56 Å². The van der Waals surface area contributed by atoms with Crippen molar-refractivity contribution in [3.05, 3.63) is 69.8 Å². The summed E-state index contributed by atoms with van der Waals surface area (Å²) in [5, 5.41) is 17.9. The molecule has 0 atom stereocenters. The highest BCUT2D eigenvalue weighted by atomic mass is 32.2. The summed E-state index contributed by atoms with van der Waals surface area (Å²) in [6, 6.07) is 13.7. The van der Waals surface area contributed by atoms with E-state index in [0.29, 0.717) is 33.9 Å². The number of hydrogen-bond acceptors (Lipinski definition) is 7. The quantitative estimate of drug-likeness (QED) is 0.412. The van der Waals surface area contributed by atoms with Gasteiger partial charge in [-0.05, 0) is 37.6 Å². The molecule has 0 radical (unpaired) electrons. The molecular weight excluding hydrogens is 400 g/mol. The van der Waals surface area contributed by atoms with Gasteiger partial charge in [-0.1, -0.05) is 41.6 Å². The Labute approximate surface area is 175 Å². The van der Waals surface area contributed by atoms with Gasteiger partial charge in [0.2, 0.25) is 11.7 Å². The van der Waals surface area contributed by atoms with Crippen LogP contribution in [0.5, 0.6) is 0 Å². The third kappa shape index (κ3) is 2.98. The van der Waals surface area contributed by atoms with Crippen LogP contribution < -0.4 is 5.56 Å². The topological polar surface area (TPSA) is 91.1 Å². The molecule has 0 unspecified atom stereocenters. The summed E-state index contributed by atoms with van der Waals surface area (Å²) < 4.78 is 9.26. The SMILES string of the molecule is Cc1ccc2c(c1)c(=O)n(C)c1nnc(CSc3nnc(-c4ccccc4C)o3)n21. The first-order valence-electron chi connectivity index (χ1n) is 9.38. The lowest BCUT2D eigenvalue weighted by Crippen LogP contribution is -2.20. The minimum absolute atomic E-state index is 0.0902. The van der Waals surface area contributed by atoms with Gasteiger partial charge in [0.1, 0.15) is 5.82 Å². The van der Waals surface area contributed by atoms with E-state index >= 15 is 0 Å². The number of rotatable bonds is 4. The summed E-state index contributed by atoms with van der Waals surface area (Å²) >= 11 is 1.39. The Bertz CT molecular complexity index is 1470. The smallest absolute Gasteiger partial charge is 0.277 e. The molecule has 0 aliphatic rings. The highest BCUT2D eigenvalue weighted by Gasteiger charge is 2.17. The van der Waals surface area contributed by atoms with Crippen LogP contribution in [0.15, 0.2) is 56.9 Å². The molecule has 3 aromatic heterocycles. The highest BCUT2D eigenvalue weighted by molar-refractivity contribution is 7.98. The average molecular weight is 418 g/mol. The van der Waals surface area contributed by atoms with Gasteiger partial charge in [-0.25, -0.2) is 0 Å². The molecule has 0 amide bonds. The lowest BCUT2D eigenvalue weighted by atomic mass is 10.1. The minimum Gasteiger partial charge on any atom is -0.411 e. The maximum absolute atomic E-state index is 12.7. The van der Waals surface area contributed by atoms with E-state index in [4.69, 9.17) is 4.42 Å². The van der Waals surface area contributed by atoms with Gasteiger partial charge in [-0.2, -0.15) is 0 Å². The fourth-order valence-corrected chi connectivity index (χ4v) is 4.14. The van der Waals surface area contributed by atoms with Crippen LogP contribution in [0.3, 0.4) is 0 Å². The third-order valence-electron chi connectivity index (χ3n) is 5.05. The molecule has 5 aromatic rings. The zero-order valence-electron chi connectivity index (χ0n) is 16.7. The molecule has 8 nitrogen and oxygen atoms in total. The van der Waals surface area contributed by atoms with Gasteiger partial charge in [0.25, 0.3) is 10.8 Å². The minimum atomic E-state index is -0.0902. The number of fused-ring (bicyclic) bond motifs is 3. The second kappa shape index (κ2) is 7.10. The average Bonchev–Trinajstić information content (AvgIpc) is 3.38. The van der Waals surface area contributed by atoms with Crippen molar-refractivity contribution >= 4 is 28.4 Å². The van der Waals surface area contributed by atoms with Crippen molar-refractivity contribution < 1.29 is 4.42 Å². The molecule has 9 heteroatoms. The van der Waals surface area contributed by atoms with Crippen molar-refractivity contribution in [2.75, 3.05) is 0 Å². The standard InChI is InChI=1S/C21H18N6O2S/c1-12-8-9-16-15(10-12)19(28)26(3)20-24-22-17(27(16)20)11-30-21-25-23-18(29-21)14-7-5-4-6-13(14)2/h4-10H,11H2,1-3H3. The molecule has 0 saturated heterocycles.